The van der Waals surface area contributed by atoms with Gasteiger partial charge in [0.05, 0.1) is 23.5 Å². The van der Waals surface area contributed by atoms with Crippen molar-refractivity contribution in [1.82, 2.24) is 17.5 Å². The Balaban J connectivity index is 0.785. The molecule has 0 fully saturated rings. The molecule has 0 radical (unpaired) electrons. The van der Waals surface area contributed by atoms with Crippen LogP contribution in [0.4, 0.5) is 0 Å². The molecule has 0 aliphatic carbocycles. The molecule has 0 saturated carbocycles. The van der Waals surface area contributed by atoms with Gasteiger partial charge in [-0.25, -0.2) is 0 Å². The lowest BCUT2D eigenvalue weighted by molar-refractivity contribution is 0.469. The second-order valence-electron chi connectivity index (χ2n) is 35.9. The van der Waals surface area contributed by atoms with Gasteiger partial charge in [0.25, 0.3) is 0 Å². The quantitative estimate of drug-likeness (QED) is 0.0282. The minimum absolute atomic E-state index is 0.716. The number of aromatic nitrogens is 4. The molecular weight excluding hydrogens is 1660 g/mol. The van der Waals surface area contributed by atoms with E-state index in [2.05, 4.69) is 225 Å². The summed E-state index contributed by atoms with van der Waals surface area (Å²) < 4.78 is 20.8. The third-order valence-corrected chi connectivity index (χ3v) is 50.0. The van der Waals surface area contributed by atoms with E-state index in [9.17, 15) is 0 Å². The summed E-state index contributed by atoms with van der Waals surface area (Å²) in [7, 11) is -4.43. The molecule has 2 aliphatic rings. The molecule has 16 heteroatoms. The van der Waals surface area contributed by atoms with Crippen LogP contribution in [0.2, 0.25) is 24.2 Å². The van der Waals surface area contributed by atoms with Crippen LogP contribution in [0.5, 0.6) is 0 Å². The first-order valence-corrected chi connectivity index (χ1v) is 60.2. The Hall–Kier alpha value is -3.89. The topological polar surface area (TPSA) is 51.6 Å². The number of nitrogens with zero attached hydrogens (tertiary/aromatic N) is 4. The molecule has 0 spiro atoms. The molecular formula is C102H138N4S10Si2. The second-order valence-corrected chi connectivity index (χ2v) is 54.0. The first-order chi connectivity index (χ1) is 57.8. The molecule has 4 atom stereocenters. The maximum absolute atomic E-state index is 5.22. The van der Waals surface area contributed by atoms with Crippen molar-refractivity contribution in [2.75, 3.05) is 0 Å². The minimum Gasteiger partial charge on any atom is -0.172 e. The summed E-state index contributed by atoms with van der Waals surface area (Å²) in [6.07, 6.45) is 50.5. The summed E-state index contributed by atoms with van der Waals surface area (Å²) in [6, 6.07) is 41.1. The second kappa shape index (κ2) is 43.8. The smallest absolute Gasteiger partial charge is 0.122 e. The number of fused-ring (bicyclic) bond motifs is 8. The molecule has 4 unspecified atom stereocenters. The summed E-state index contributed by atoms with van der Waals surface area (Å²) in [4.78, 5) is 23.5. The normalized spacial score (nSPS) is 16.1. The predicted molar refractivity (Wildman–Crippen MR) is 543 cm³/mol. The van der Waals surface area contributed by atoms with E-state index in [0.29, 0.717) is 11.8 Å². The van der Waals surface area contributed by atoms with Gasteiger partial charge in [-0.1, -0.05) is 312 Å². The van der Waals surface area contributed by atoms with E-state index in [1.54, 1.807) is 45.8 Å². The van der Waals surface area contributed by atoms with E-state index in [-0.39, 0.29) is 0 Å². The molecule has 0 N–H and O–H groups in total. The van der Waals surface area contributed by atoms with Crippen LogP contribution < -0.4 is 20.7 Å². The summed E-state index contributed by atoms with van der Waals surface area (Å²) in [6.45, 7) is 29.0. The summed E-state index contributed by atoms with van der Waals surface area (Å²) in [5.41, 5.74) is 12.2. The zero-order valence-electron chi connectivity index (χ0n) is 74.0. The van der Waals surface area contributed by atoms with Crippen LogP contribution in [-0.4, -0.2) is 33.6 Å². The molecule has 0 bridgehead atoms. The SMILES string of the molecule is CCCCCCCCCCCCc1cc(-c2ccc(-c3cc(CCCCCCCCCCCC)c(-c4cc5c(s4)-c4sc(-c6ccc(-c7ccc(-c8ccc(-c9cc%10c(s9)-c9sc(C)cc9[Si]%10(CC(CC)CCCC)CC(CC)CCCC)s8)c8nsnc78)s6)cc4[Si]5(CC(CC)CCCC)CC(CC)CCCC)s3)c3nsnc23)sc1C. The minimum atomic E-state index is -2.37. The summed E-state index contributed by atoms with van der Waals surface area (Å²) in [5, 5.41) is 7.14. The van der Waals surface area contributed by atoms with E-state index in [1.807, 2.05) is 34.0 Å². The zero-order valence-corrected chi connectivity index (χ0v) is 84.1. The average molecular weight is 1800 g/mol. The van der Waals surface area contributed by atoms with E-state index in [0.717, 1.165) is 40.3 Å². The highest BCUT2D eigenvalue weighted by Gasteiger charge is 2.52. The third kappa shape index (κ3) is 20.5. The van der Waals surface area contributed by atoms with Crippen molar-refractivity contribution in [1.29, 1.82) is 0 Å². The van der Waals surface area contributed by atoms with Gasteiger partial charge in [0.15, 0.2) is 0 Å². The van der Waals surface area contributed by atoms with Crippen molar-refractivity contribution in [2.45, 2.75) is 351 Å². The molecule has 14 rings (SSSR count). The average Bonchev–Trinajstić information content (AvgIpc) is 1.54. The van der Waals surface area contributed by atoms with Crippen LogP contribution in [0.15, 0.2) is 84.9 Å². The Labute approximate surface area is 754 Å². The highest BCUT2D eigenvalue weighted by molar-refractivity contribution is 7.35. The molecule has 0 saturated heterocycles. The molecule has 634 valence electrons. The molecule has 118 heavy (non-hydrogen) atoms. The molecule has 4 nitrogen and oxygen atoms in total. The number of aryl methyl sites for hydroxylation is 4. The number of unbranched alkanes of at least 4 members (excludes halogenated alkanes) is 22. The van der Waals surface area contributed by atoms with Crippen molar-refractivity contribution in [3.63, 3.8) is 0 Å². The highest BCUT2D eigenvalue weighted by atomic mass is 32.1. The van der Waals surface area contributed by atoms with Crippen molar-refractivity contribution < 1.29 is 0 Å². The number of hydrogen-bond acceptors (Lipinski definition) is 14. The Morgan fingerprint density at radius 2 is 0.568 bits per heavy atom. The Bertz CT molecular complexity index is 5090. The number of hydrogen-bond donors (Lipinski definition) is 0. The van der Waals surface area contributed by atoms with Crippen LogP contribution in [0, 0.1) is 37.5 Å². The molecule has 12 aromatic rings. The largest absolute Gasteiger partial charge is 0.172 e. The van der Waals surface area contributed by atoms with Crippen LogP contribution in [-0.2, 0) is 12.8 Å². The highest BCUT2D eigenvalue weighted by Crippen LogP contribution is 2.55. The fourth-order valence-corrected chi connectivity index (χ4v) is 47.0. The van der Waals surface area contributed by atoms with Gasteiger partial charge in [-0.3, -0.25) is 0 Å². The fourth-order valence-electron chi connectivity index (χ4n) is 20.4. The lowest BCUT2D eigenvalue weighted by Gasteiger charge is -2.35. The van der Waals surface area contributed by atoms with Gasteiger partial charge in [-0.05, 0) is 180 Å². The lowest BCUT2D eigenvalue weighted by atomic mass is 10.0. The number of rotatable bonds is 53. The van der Waals surface area contributed by atoms with Gasteiger partial charge < -0.3 is 0 Å². The molecule has 2 aliphatic heterocycles. The van der Waals surface area contributed by atoms with Gasteiger partial charge in [-0.15, -0.1) is 90.7 Å². The van der Waals surface area contributed by atoms with E-state index >= 15 is 0 Å². The van der Waals surface area contributed by atoms with Gasteiger partial charge >= 0.3 is 0 Å². The third-order valence-electron chi connectivity index (χ3n) is 27.5. The Morgan fingerprint density at radius 3 is 0.958 bits per heavy atom. The molecule has 10 aromatic heterocycles. The zero-order chi connectivity index (χ0) is 82.1. The predicted octanol–water partition coefficient (Wildman–Crippen LogP) is 35.4. The number of benzene rings is 2. The van der Waals surface area contributed by atoms with E-state index in [4.69, 9.17) is 17.5 Å². The first-order valence-electron chi connectivity index (χ1n) is 47.3. The van der Waals surface area contributed by atoms with Gasteiger partial charge in [0.1, 0.15) is 38.2 Å². The Kier molecular flexibility index (Phi) is 33.6. The maximum Gasteiger partial charge on any atom is 0.122 e. The monoisotopic (exact) mass is 1790 g/mol. The summed E-state index contributed by atoms with van der Waals surface area (Å²) >= 11 is 19.3. The van der Waals surface area contributed by atoms with Crippen LogP contribution in [0.25, 0.3) is 113 Å². The van der Waals surface area contributed by atoms with E-state index in [1.165, 1.54) is 372 Å². The fraction of sp³-hybridized carbons (Fsp3) is 0.569. The first kappa shape index (κ1) is 90.4. The maximum atomic E-state index is 5.22. The van der Waals surface area contributed by atoms with E-state index < -0.39 is 16.1 Å². The van der Waals surface area contributed by atoms with Crippen LogP contribution >= 0.6 is 114 Å². The van der Waals surface area contributed by atoms with Crippen molar-refractivity contribution in [3.05, 3.63) is 106 Å². The van der Waals surface area contributed by atoms with Gasteiger partial charge in [-0.2, -0.15) is 17.5 Å². The van der Waals surface area contributed by atoms with Crippen molar-refractivity contribution in [3.8, 4) is 90.5 Å². The standard InChI is InChI=1S/C102H138N4S10Si2/c1-13-23-29-31-33-35-37-39-41-43-49-75-60-85(108-70(75)12)79-53-54-80(97-96(79)105-116-106-97)86-61-76(50-44-42-40-38-36-34-32-30-24-14-2)98(111-86)89-64-93-102(114-89)101-92(118(93,67-73(21-9)47-27-17-5)68-74(22-10)48-28-18-6)63-88(113-101)84-58-56-82(110-84)78-52-51-77(94-95(78)104-115-103-94)81-55-57-83(109-81)87-62-91-100(112-87)99-90(59-69(11)107-99)117(91,65-71(19-7)45-25-15-3)66-72(20-8)46-26-16-4/h51-64,71-74H,13-50,65-68H2,1-12H3. The number of thiophene rings is 8. The van der Waals surface area contributed by atoms with Crippen molar-refractivity contribution >= 4 is 173 Å². The van der Waals surface area contributed by atoms with Crippen LogP contribution in [0.3, 0.4) is 0 Å². The van der Waals surface area contributed by atoms with Gasteiger partial charge in [0.2, 0.25) is 0 Å². The lowest BCUT2D eigenvalue weighted by Crippen LogP contribution is -2.56. The van der Waals surface area contributed by atoms with Crippen molar-refractivity contribution in [2.24, 2.45) is 23.7 Å². The van der Waals surface area contributed by atoms with Gasteiger partial charge in [0, 0.05) is 100 Å². The molecule has 12 heterocycles. The Morgan fingerprint density at radius 1 is 0.263 bits per heavy atom. The molecule has 2 aromatic carbocycles. The molecule has 0 amide bonds. The van der Waals surface area contributed by atoms with Crippen LogP contribution in [0.1, 0.15) is 321 Å². The summed E-state index contributed by atoms with van der Waals surface area (Å²) in [5.74, 6) is 3.01.